The van der Waals surface area contributed by atoms with Crippen LogP contribution in [0.25, 0.3) is 10.9 Å². The van der Waals surface area contributed by atoms with Crippen molar-refractivity contribution in [1.29, 1.82) is 0 Å². The van der Waals surface area contributed by atoms with Crippen LogP contribution in [0.5, 0.6) is 0 Å². The Hall–Kier alpha value is -1.04. The number of hydrogen-bond acceptors (Lipinski definition) is 3. The third-order valence-electron chi connectivity index (χ3n) is 4.30. The predicted molar refractivity (Wildman–Crippen MR) is 95.9 cm³/mol. The van der Waals surface area contributed by atoms with Gasteiger partial charge in [0.1, 0.15) is 5.82 Å². The summed E-state index contributed by atoms with van der Waals surface area (Å²) < 4.78 is 6.55. The molecule has 1 aliphatic heterocycles. The van der Waals surface area contributed by atoms with Crippen LogP contribution >= 0.6 is 15.9 Å². The number of morpholine rings is 1. The van der Waals surface area contributed by atoms with E-state index >= 15 is 0 Å². The minimum absolute atomic E-state index is 0.878. The van der Waals surface area contributed by atoms with Gasteiger partial charge in [-0.25, -0.2) is 0 Å². The topological polar surface area (TPSA) is 31.5 Å². The number of aromatic amines is 1. The number of rotatable bonds is 5. The van der Waals surface area contributed by atoms with E-state index in [-0.39, 0.29) is 0 Å². The Labute approximate surface area is 140 Å². The summed E-state index contributed by atoms with van der Waals surface area (Å²) in [6.45, 7) is 5.04. The first kappa shape index (κ1) is 15.8. The Kier molecular flexibility index (Phi) is 5.06. The first-order valence-corrected chi connectivity index (χ1v) is 8.72. The first-order chi connectivity index (χ1) is 10.6. The first-order valence-electron chi connectivity index (χ1n) is 7.92. The normalized spacial score (nSPS) is 16.3. The fraction of sp³-hybridized carbons (Fsp3) is 0.529. The maximum atomic E-state index is 5.41. The lowest BCUT2D eigenvalue weighted by Crippen LogP contribution is -2.36. The van der Waals surface area contributed by atoms with Crippen molar-refractivity contribution < 1.29 is 4.74 Å². The molecule has 5 heteroatoms. The summed E-state index contributed by atoms with van der Waals surface area (Å²) in [5, 5.41) is 1.33. The average molecular weight is 366 g/mol. The highest BCUT2D eigenvalue weighted by molar-refractivity contribution is 9.10. The summed E-state index contributed by atoms with van der Waals surface area (Å²) in [7, 11) is 4.20. The maximum absolute atomic E-state index is 5.41. The molecular formula is C17H24BrN3O. The predicted octanol–water partition coefficient (Wildman–Crippen LogP) is 3.26. The zero-order valence-electron chi connectivity index (χ0n) is 13.4. The van der Waals surface area contributed by atoms with Gasteiger partial charge >= 0.3 is 0 Å². The largest absolute Gasteiger partial charge is 0.379 e. The van der Waals surface area contributed by atoms with E-state index < -0.39 is 0 Å². The van der Waals surface area contributed by atoms with Crippen LogP contribution in [-0.4, -0.2) is 56.8 Å². The van der Waals surface area contributed by atoms with E-state index in [0.29, 0.717) is 0 Å². The van der Waals surface area contributed by atoms with Crippen molar-refractivity contribution in [2.24, 2.45) is 0 Å². The Morgan fingerprint density at radius 3 is 2.77 bits per heavy atom. The minimum Gasteiger partial charge on any atom is -0.379 e. The Morgan fingerprint density at radius 1 is 1.27 bits per heavy atom. The second kappa shape index (κ2) is 7.02. The van der Waals surface area contributed by atoms with Gasteiger partial charge in [-0.3, -0.25) is 4.90 Å². The maximum Gasteiger partial charge on any atom is 0.109 e. The molecular weight excluding hydrogens is 342 g/mol. The summed E-state index contributed by atoms with van der Waals surface area (Å²) in [6, 6.07) is 6.47. The number of benzene rings is 1. The summed E-state index contributed by atoms with van der Waals surface area (Å²) in [5.41, 5.74) is 2.64. The third-order valence-corrected chi connectivity index (χ3v) is 4.79. The molecule has 0 spiro atoms. The molecule has 4 nitrogen and oxygen atoms in total. The van der Waals surface area contributed by atoms with Gasteiger partial charge in [-0.05, 0) is 37.6 Å². The monoisotopic (exact) mass is 365 g/mol. The van der Waals surface area contributed by atoms with E-state index in [2.05, 4.69) is 63.0 Å². The number of fused-ring (bicyclic) bond motifs is 1. The lowest BCUT2D eigenvalue weighted by molar-refractivity contribution is 0.0375. The van der Waals surface area contributed by atoms with E-state index in [1.54, 1.807) is 0 Å². The number of H-pyrrole nitrogens is 1. The highest BCUT2D eigenvalue weighted by Crippen LogP contribution is 2.31. The molecule has 3 rings (SSSR count). The van der Waals surface area contributed by atoms with E-state index in [1.165, 1.54) is 28.7 Å². The van der Waals surface area contributed by atoms with Gasteiger partial charge in [0.25, 0.3) is 0 Å². The molecule has 0 amide bonds. The van der Waals surface area contributed by atoms with Gasteiger partial charge in [-0.1, -0.05) is 15.9 Å². The fourth-order valence-corrected chi connectivity index (χ4v) is 3.51. The van der Waals surface area contributed by atoms with Crippen molar-refractivity contribution in [3.63, 3.8) is 0 Å². The highest BCUT2D eigenvalue weighted by Gasteiger charge is 2.15. The van der Waals surface area contributed by atoms with Crippen LogP contribution in [0, 0.1) is 0 Å². The van der Waals surface area contributed by atoms with Crippen molar-refractivity contribution in [2.45, 2.75) is 12.8 Å². The molecule has 0 radical (unpaired) electrons. The van der Waals surface area contributed by atoms with Gasteiger partial charge in [0.2, 0.25) is 0 Å². The molecule has 1 N–H and O–H groups in total. The van der Waals surface area contributed by atoms with Gasteiger partial charge in [0.05, 0.1) is 13.2 Å². The van der Waals surface area contributed by atoms with Gasteiger partial charge in [0, 0.05) is 48.1 Å². The Morgan fingerprint density at radius 2 is 2.05 bits per heavy atom. The van der Waals surface area contributed by atoms with Crippen LogP contribution in [0.3, 0.4) is 0 Å². The molecule has 1 aromatic carbocycles. The van der Waals surface area contributed by atoms with Crippen LogP contribution < -0.4 is 4.90 Å². The van der Waals surface area contributed by atoms with Crippen molar-refractivity contribution in [3.8, 4) is 0 Å². The van der Waals surface area contributed by atoms with Crippen LogP contribution in [-0.2, 0) is 11.2 Å². The number of anilines is 1. The molecule has 0 bridgehead atoms. The van der Waals surface area contributed by atoms with Gasteiger partial charge in [-0.2, -0.15) is 0 Å². The molecule has 1 aromatic heterocycles. The molecule has 22 heavy (non-hydrogen) atoms. The van der Waals surface area contributed by atoms with Crippen molar-refractivity contribution >= 4 is 32.7 Å². The van der Waals surface area contributed by atoms with Gasteiger partial charge in [-0.15, -0.1) is 0 Å². The van der Waals surface area contributed by atoms with E-state index in [9.17, 15) is 0 Å². The van der Waals surface area contributed by atoms with Crippen molar-refractivity contribution in [2.75, 3.05) is 51.8 Å². The van der Waals surface area contributed by atoms with Gasteiger partial charge < -0.3 is 14.6 Å². The molecule has 0 aliphatic carbocycles. The molecule has 120 valence electrons. The number of nitrogens with one attached hydrogen (secondary N) is 1. The lowest BCUT2D eigenvalue weighted by atomic mass is 10.1. The zero-order valence-corrected chi connectivity index (χ0v) is 14.9. The number of halogens is 1. The van der Waals surface area contributed by atoms with Crippen LogP contribution in [0.2, 0.25) is 0 Å². The van der Waals surface area contributed by atoms with Crippen LogP contribution in [0.1, 0.15) is 12.0 Å². The van der Waals surface area contributed by atoms with Crippen molar-refractivity contribution in [3.05, 3.63) is 28.2 Å². The number of nitrogens with zero attached hydrogens (tertiary/aromatic N) is 2. The highest BCUT2D eigenvalue weighted by atomic mass is 79.9. The molecule has 0 saturated carbocycles. The summed E-state index contributed by atoms with van der Waals surface area (Å²) in [4.78, 5) is 8.23. The van der Waals surface area contributed by atoms with E-state index in [1.807, 2.05) is 0 Å². The Bertz CT molecular complexity index is 632. The lowest BCUT2D eigenvalue weighted by Gasteiger charge is -2.26. The fourth-order valence-electron chi connectivity index (χ4n) is 3.14. The smallest absolute Gasteiger partial charge is 0.109 e. The quantitative estimate of drug-likeness (QED) is 0.882. The molecule has 1 aliphatic rings. The average Bonchev–Trinajstić information content (AvgIpc) is 2.87. The minimum atomic E-state index is 0.878. The summed E-state index contributed by atoms with van der Waals surface area (Å²) in [5.74, 6) is 1.23. The number of hydrogen-bond donors (Lipinski definition) is 1. The second-order valence-electron chi connectivity index (χ2n) is 6.09. The van der Waals surface area contributed by atoms with Gasteiger partial charge in [0.15, 0.2) is 0 Å². The molecule has 0 unspecified atom stereocenters. The summed E-state index contributed by atoms with van der Waals surface area (Å²) in [6.07, 6.45) is 2.28. The third kappa shape index (κ3) is 3.47. The van der Waals surface area contributed by atoms with Crippen LogP contribution in [0.4, 0.5) is 5.82 Å². The molecule has 2 heterocycles. The molecule has 0 atom stereocenters. The van der Waals surface area contributed by atoms with Crippen molar-refractivity contribution in [1.82, 2.24) is 9.88 Å². The number of aromatic nitrogens is 1. The zero-order chi connectivity index (χ0) is 15.5. The van der Waals surface area contributed by atoms with Crippen LogP contribution in [0.15, 0.2) is 22.7 Å². The summed E-state index contributed by atoms with van der Waals surface area (Å²) >= 11 is 3.59. The molecule has 1 fully saturated rings. The second-order valence-corrected chi connectivity index (χ2v) is 7.01. The number of aryl methyl sites for hydroxylation is 1. The Balaban J connectivity index is 1.75. The van der Waals surface area contributed by atoms with E-state index in [0.717, 1.165) is 43.7 Å². The standard InChI is InChI=1S/C17H24BrN3O/c1-20(2)17-14(4-3-7-21-8-10-22-11-9-21)15-12-13(18)5-6-16(15)19-17/h5-6,12,19H,3-4,7-11H2,1-2H3. The molecule has 2 aromatic rings. The SMILES string of the molecule is CN(C)c1[nH]c2ccc(Br)cc2c1CCCN1CCOCC1. The number of ether oxygens (including phenoxy) is 1. The van der Waals surface area contributed by atoms with E-state index in [4.69, 9.17) is 4.74 Å². The molecule has 1 saturated heterocycles.